The molecular weight excluding hydrogens is 388 g/mol. The Bertz CT molecular complexity index is 945. The number of para-hydroxylation sites is 2. The number of amides is 2. The molecule has 2 amide bonds. The minimum absolute atomic E-state index is 0.000378. The van der Waals surface area contributed by atoms with Crippen molar-refractivity contribution in [1.29, 1.82) is 0 Å². The number of benzene rings is 2. The zero-order chi connectivity index (χ0) is 22.3. The number of aryl methyl sites for hydroxylation is 1. The largest absolute Gasteiger partial charge is 0.495 e. The lowest BCUT2D eigenvalue weighted by molar-refractivity contribution is -0.881. The van der Waals surface area contributed by atoms with Crippen molar-refractivity contribution >= 4 is 28.9 Å². The van der Waals surface area contributed by atoms with Crippen molar-refractivity contribution in [2.45, 2.75) is 20.8 Å². The number of rotatable bonds is 9. The van der Waals surface area contributed by atoms with Crippen LogP contribution in [-0.4, -0.2) is 43.5 Å². The van der Waals surface area contributed by atoms with Crippen LogP contribution in [0.4, 0.5) is 17.1 Å². The lowest BCUT2D eigenvalue weighted by Gasteiger charge is -2.18. The Morgan fingerprint density at radius 3 is 2.30 bits per heavy atom. The number of hydrogen-bond acceptors (Lipinski definition) is 5. The van der Waals surface area contributed by atoms with Gasteiger partial charge in [-0.05, 0) is 44.0 Å². The Kier molecular flexibility index (Phi) is 7.88. The van der Waals surface area contributed by atoms with Gasteiger partial charge in [0, 0.05) is 6.07 Å². The van der Waals surface area contributed by atoms with Crippen LogP contribution in [0.15, 0.2) is 36.4 Å². The molecule has 1 atom stereocenters. The first-order valence-electron chi connectivity index (χ1n) is 9.57. The molecule has 0 bridgehead atoms. The van der Waals surface area contributed by atoms with Gasteiger partial charge in [-0.15, -0.1) is 0 Å². The highest BCUT2D eigenvalue weighted by Gasteiger charge is 2.22. The van der Waals surface area contributed by atoms with Crippen molar-refractivity contribution in [3.05, 3.63) is 57.6 Å². The van der Waals surface area contributed by atoms with Crippen molar-refractivity contribution in [3.63, 3.8) is 0 Å². The van der Waals surface area contributed by atoms with Crippen LogP contribution in [0, 0.1) is 24.0 Å². The number of hydrogen-bond donors (Lipinski definition) is 3. The summed E-state index contributed by atoms with van der Waals surface area (Å²) < 4.78 is 5.22. The molecule has 9 heteroatoms. The van der Waals surface area contributed by atoms with Crippen molar-refractivity contribution in [1.82, 2.24) is 0 Å². The summed E-state index contributed by atoms with van der Waals surface area (Å²) in [7, 11) is 1.52. The van der Waals surface area contributed by atoms with Crippen molar-refractivity contribution < 1.29 is 24.1 Å². The van der Waals surface area contributed by atoms with Crippen LogP contribution < -0.4 is 20.3 Å². The van der Waals surface area contributed by atoms with E-state index >= 15 is 0 Å². The Morgan fingerprint density at radius 1 is 1.07 bits per heavy atom. The Labute approximate surface area is 175 Å². The van der Waals surface area contributed by atoms with Gasteiger partial charge in [-0.3, -0.25) is 19.7 Å². The predicted octanol–water partition coefficient (Wildman–Crippen LogP) is 1.70. The molecular formula is C21H27N4O5+. The molecule has 0 aliphatic carbocycles. The first-order valence-corrected chi connectivity index (χ1v) is 9.57. The summed E-state index contributed by atoms with van der Waals surface area (Å²) >= 11 is 0. The van der Waals surface area contributed by atoms with Gasteiger partial charge < -0.3 is 20.3 Å². The molecule has 30 heavy (non-hydrogen) atoms. The van der Waals surface area contributed by atoms with Crippen LogP contribution in [0.2, 0.25) is 0 Å². The SMILES string of the molecule is CC[NH+](CC(=O)Nc1ccccc1OC)CC(=O)Nc1c([N+](=O)[O-])ccc(C)c1C. The van der Waals surface area contributed by atoms with E-state index in [1.807, 2.05) is 13.8 Å². The molecule has 0 aromatic heterocycles. The number of carbonyl (C=O) groups excluding carboxylic acids is 2. The third kappa shape index (κ3) is 5.77. The second-order valence-corrected chi connectivity index (χ2v) is 6.91. The van der Waals surface area contributed by atoms with Gasteiger partial charge in [0.2, 0.25) is 0 Å². The number of carbonyl (C=O) groups is 2. The lowest BCUT2D eigenvalue weighted by Crippen LogP contribution is -3.13. The van der Waals surface area contributed by atoms with E-state index in [0.717, 1.165) is 5.56 Å². The summed E-state index contributed by atoms with van der Waals surface area (Å²) in [5.74, 6) is -0.112. The number of nitro groups is 1. The summed E-state index contributed by atoms with van der Waals surface area (Å²) in [4.78, 5) is 36.5. The molecule has 9 nitrogen and oxygen atoms in total. The fourth-order valence-corrected chi connectivity index (χ4v) is 3.00. The van der Waals surface area contributed by atoms with E-state index in [9.17, 15) is 19.7 Å². The van der Waals surface area contributed by atoms with Gasteiger partial charge in [0.05, 0.1) is 24.3 Å². The first-order chi connectivity index (χ1) is 14.3. The van der Waals surface area contributed by atoms with E-state index < -0.39 is 10.8 Å². The first kappa shape index (κ1) is 22.8. The molecule has 0 fully saturated rings. The van der Waals surface area contributed by atoms with E-state index in [-0.39, 0.29) is 30.4 Å². The van der Waals surface area contributed by atoms with Crippen molar-refractivity contribution in [2.24, 2.45) is 0 Å². The summed E-state index contributed by atoms with van der Waals surface area (Å²) in [6.07, 6.45) is 0. The number of nitro benzene ring substituents is 1. The fraction of sp³-hybridized carbons (Fsp3) is 0.333. The molecule has 0 saturated heterocycles. The van der Waals surface area contributed by atoms with Gasteiger partial charge in [-0.1, -0.05) is 18.2 Å². The smallest absolute Gasteiger partial charge is 0.293 e. The highest BCUT2D eigenvalue weighted by Crippen LogP contribution is 2.30. The maximum Gasteiger partial charge on any atom is 0.293 e. The van der Waals surface area contributed by atoms with Gasteiger partial charge in [0.25, 0.3) is 17.5 Å². The van der Waals surface area contributed by atoms with Crippen LogP contribution in [-0.2, 0) is 9.59 Å². The van der Waals surface area contributed by atoms with Crippen LogP contribution >= 0.6 is 0 Å². The monoisotopic (exact) mass is 415 g/mol. The number of likely N-dealkylation sites (N-methyl/N-ethyl adjacent to an activating group) is 1. The maximum atomic E-state index is 12.6. The molecule has 0 saturated carbocycles. The molecule has 2 aromatic carbocycles. The van der Waals surface area contributed by atoms with Gasteiger partial charge in [-0.25, -0.2) is 0 Å². The summed E-state index contributed by atoms with van der Waals surface area (Å²) in [6.45, 7) is 6.00. The van der Waals surface area contributed by atoms with E-state index in [2.05, 4.69) is 10.6 Å². The van der Waals surface area contributed by atoms with Crippen LogP contribution in [0.5, 0.6) is 5.75 Å². The van der Waals surface area contributed by atoms with Gasteiger partial charge in [0.15, 0.2) is 13.1 Å². The minimum Gasteiger partial charge on any atom is -0.495 e. The molecule has 3 N–H and O–H groups in total. The van der Waals surface area contributed by atoms with Crippen LogP contribution in [0.1, 0.15) is 18.1 Å². The van der Waals surface area contributed by atoms with Gasteiger partial charge >= 0.3 is 0 Å². The Balaban J connectivity index is 2.04. The highest BCUT2D eigenvalue weighted by atomic mass is 16.6. The maximum absolute atomic E-state index is 12.6. The predicted molar refractivity (Wildman–Crippen MR) is 114 cm³/mol. The summed E-state index contributed by atoms with van der Waals surface area (Å²) in [6, 6.07) is 10.1. The molecule has 0 radical (unpaired) electrons. The molecule has 160 valence electrons. The zero-order valence-corrected chi connectivity index (χ0v) is 17.6. The molecule has 2 aromatic rings. The highest BCUT2D eigenvalue weighted by molar-refractivity contribution is 5.96. The minimum atomic E-state index is -0.521. The molecule has 0 aliphatic rings. The van der Waals surface area contributed by atoms with E-state index in [0.29, 0.717) is 28.4 Å². The second kappa shape index (κ2) is 10.4. The van der Waals surface area contributed by atoms with Crippen LogP contribution in [0.25, 0.3) is 0 Å². The molecule has 0 spiro atoms. The quantitative estimate of drug-likeness (QED) is 0.426. The third-order valence-electron chi connectivity index (χ3n) is 4.88. The van der Waals surface area contributed by atoms with Crippen LogP contribution in [0.3, 0.4) is 0 Å². The zero-order valence-electron chi connectivity index (χ0n) is 17.6. The molecule has 1 unspecified atom stereocenters. The average Bonchev–Trinajstić information content (AvgIpc) is 2.71. The summed E-state index contributed by atoms with van der Waals surface area (Å²) in [5, 5.41) is 16.7. The van der Waals surface area contributed by atoms with E-state index in [1.54, 1.807) is 37.3 Å². The number of ether oxygens (including phenoxy) is 1. The van der Waals surface area contributed by atoms with E-state index in [4.69, 9.17) is 4.74 Å². The standard InChI is InChI=1S/C21H26N4O5/c1-5-24(12-19(26)22-16-8-6-7-9-18(16)30-4)13-20(27)23-21-15(3)14(2)10-11-17(21)25(28)29/h6-11H,5,12-13H2,1-4H3,(H,22,26)(H,23,27)/p+1. The summed E-state index contributed by atoms with van der Waals surface area (Å²) in [5.41, 5.74) is 2.07. The van der Waals surface area contributed by atoms with Crippen molar-refractivity contribution in [3.8, 4) is 5.75 Å². The Hall–Kier alpha value is -3.46. The van der Waals surface area contributed by atoms with Crippen molar-refractivity contribution in [2.75, 3.05) is 37.4 Å². The van der Waals surface area contributed by atoms with Gasteiger partial charge in [-0.2, -0.15) is 0 Å². The fourth-order valence-electron chi connectivity index (χ4n) is 3.00. The number of nitrogens with zero attached hydrogens (tertiary/aromatic N) is 1. The third-order valence-corrected chi connectivity index (χ3v) is 4.88. The molecule has 2 rings (SSSR count). The number of methoxy groups -OCH3 is 1. The number of nitrogens with one attached hydrogen (secondary N) is 3. The Morgan fingerprint density at radius 2 is 1.70 bits per heavy atom. The average molecular weight is 415 g/mol. The molecule has 0 aliphatic heterocycles. The normalized spacial score (nSPS) is 11.5. The number of anilines is 2. The number of quaternary nitrogens is 1. The lowest BCUT2D eigenvalue weighted by atomic mass is 10.1. The topological polar surface area (TPSA) is 115 Å². The van der Waals surface area contributed by atoms with Gasteiger partial charge in [0.1, 0.15) is 11.4 Å². The second-order valence-electron chi connectivity index (χ2n) is 6.91. The molecule has 0 heterocycles. The van der Waals surface area contributed by atoms with E-state index in [1.165, 1.54) is 13.2 Å².